The summed E-state index contributed by atoms with van der Waals surface area (Å²) < 4.78 is 0. The Hall–Kier alpha value is 1.38. The minimum atomic E-state index is 0. The summed E-state index contributed by atoms with van der Waals surface area (Å²) in [4.78, 5) is 0. The van der Waals surface area contributed by atoms with Crippen LogP contribution in [0.3, 0.4) is 0 Å². The number of halogens is 5. The predicted molar refractivity (Wildman–Crippen MR) is 31.5 cm³/mol. The first-order chi connectivity index (χ1) is 3.39. The Morgan fingerprint density at radius 2 is 1.08 bits per heavy atom. The number of hydrogen-bond donors (Lipinski definition) is 0. The maximum absolute atomic E-state index is 5.54. The van der Waals surface area contributed by atoms with E-state index in [4.69, 9.17) is 11.6 Å². The third-order valence-corrected chi connectivity index (χ3v) is 0.985. The zero-order chi connectivity index (χ0) is 5.11. The molecule has 0 saturated carbocycles. The minimum Gasteiger partial charge on any atom is -1.00 e. The Bertz CT molecular complexity index is 146. The van der Waals surface area contributed by atoms with Gasteiger partial charge in [-0.1, -0.05) is 29.8 Å². The molecule has 0 aliphatic carbocycles. The van der Waals surface area contributed by atoms with Gasteiger partial charge in [0, 0.05) is 5.02 Å². The van der Waals surface area contributed by atoms with Gasteiger partial charge in [0.1, 0.15) is 0 Å². The maximum atomic E-state index is 5.54. The molecule has 0 radical (unpaired) electrons. The van der Waals surface area contributed by atoms with E-state index in [2.05, 4.69) is 0 Å². The van der Waals surface area contributed by atoms with Gasteiger partial charge in [0.15, 0.2) is 0 Å². The average molecular weight is 302 g/mol. The normalized spacial score (nSPS) is 5.08. The van der Waals surface area contributed by atoms with Crippen molar-refractivity contribution in [3.8, 4) is 0 Å². The summed E-state index contributed by atoms with van der Waals surface area (Å²) in [5.74, 6) is 0. The van der Waals surface area contributed by atoms with Crippen LogP contribution >= 0.6 is 11.6 Å². The summed E-state index contributed by atoms with van der Waals surface area (Å²) in [6.45, 7) is 0. The Labute approximate surface area is 117 Å². The summed E-state index contributed by atoms with van der Waals surface area (Å²) >= 11 is 5.54. The molecule has 0 aliphatic heterocycles. The molecule has 0 unspecified atom stereocenters. The van der Waals surface area contributed by atoms with Gasteiger partial charge < -0.3 is 49.6 Å². The monoisotopic (exact) mass is 300 g/mol. The summed E-state index contributed by atoms with van der Waals surface area (Å²) in [5.41, 5.74) is 0. The molecule has 0 aliphatic rings. The molecule has 0 N–H and O–H groups in total. The average Bonchev–Trinajstić information content (AvgIpc) is 1.69. The van der Waals surface area contributed by atoms with Crippen LogP contribution in [-0.2, 0) is 21.7 Å². The van der Waals surface area contributed by atoms with Crippen molar-refractivity contribution >= 4 is 11.6 Å². The Balaban J connectivity index is -0.0000000327. The Kier molecular flexibility index (Phi) is 44.4. The number of rotatable bonds is 0. The standard InChI is InChI=1S/C6H5Cl.4ClH.Ti/c7-6-4-2-1-3-5-6;;;;;/h1-5H;4*1H;/q;;;;;+2/p-4. The molecule has 0 spiro atoms. The molecule has 1 aromatic carbocycles. The number of hydrogen-bond acceptors (Lipinski definition) is 0. The second-order valence-electron chi connectivity index (χ2n) is 1.30. The molecule has 0 nitrogen and oxygen atoms in total. The van der Waals surface area contributed by atoms with Crippen molar-refractivity contribution < 1.29 is 71.3 Å². The zero-order valence-corrected chi connectivity index (χ0v) is 11.1. The van der Waals surface area contributed by atoms with E-state index >= 15 is 0 Å². The van der Waals surface area contributed by atoms with E-state index in [1.54, 1.807) is 0 Å². The van der Waals surface area contributed by atoms with Crippen molar-refractivity contribution in [3.63, 3.8) is 0 Å². The minimum absolute atomic E-state index is 0. The first-order valence-electron chi connectivity index (χ1n) is 2.10. The SMILES string of the molecule is Clc1ccccc1.[Cl-].[Cl-].[Cl-].[Cl-].[Ti+2]. The summed E-state index contributed by atoms with van der Waals surface area (Å²) in [6, 6.07) is 9.44. The van der Waals surface area contributed by atoms with E-state index in [0.717, 1.165) is 5.02 Å². The van der Waals surface area contributed by atoms with Crippen molar-refractivity contribution in [3.05, 3.63) is 35.4 Å². The second-order valence-corrected chi connectivity index (χ2v) is 1.73. The fraction of sp³-hybridized carbons (Fsp3) is 0. The molecule has 1 rings (SSSR count). The zero-order valence-electron chi connectivity index (χ0n) is 5.78. The van der Waals surface area contributed by atoms with Gasteiger partial charge in [-0.3, -0.25) is 0 Å². The molecule has 6 heteroatoms. The molecule has 0 bridgehead atoms. The van der Waals surface area contributed by atoms with Crippen LogP contribution in [0.15, 0.2) is 30.3 Å². The Morgan fingerprint density at radius 1 is 0.750 bits per heavy atom. The van der Waals surface area contributed by atoms with E-state index in [-0.39, 0.29) is 71.3 Å². The van der Waals surface area contributed by atoms with Gasteiger partial charge in [0.25, 0.3) is 0 Å². The van der Waals surface area contributed by atoms with Crippen molar-refractivity contribution in [2.24, 2.45) is 0 Å². The van der Waals surface area contributed by atoms with Crippen LogP contribution in [-0.4, -0.2) is 0 Å². The molecular weight excluding hydrogens is 297 g/mol. The van der Waals surface area contributed by atoms with Crippen LogP contribution in [0.2, 0.25) is 5.02 Å². The molecule has 12 heavy (non-hydrogen) atoms. The predicted octanol–water partition coefficient (Wildman–Crippen LogP) is -9.65. The first-order valence-corrected chi connectivity index (χ1v) is 2.48. The van der Waals surface area contributed by atoms with Crippen molar-refractivity contribution in [1.29, 1.82) is 0 Å². The van der Waals surface area contributed by atoms with E-state index in [9.17, 15) is 0 Å². The van der Waals surface area contributed by atoms with Crippen LogP contribution < -0.4 is 49.6 Å². The quantitative estimate of drug-likeness (QED) is 0.418. The molecule has 1 aromatic rings. The summed E-state index contributed by atoms with van der Waals surface area (Å²) in [5, 5.41) is 0.794. The smallest absolute Gasteiger partial charge is 1.00 e. The first kappa shape index (κ1) is 29.2. The molecule has 0 saturated heterocycles. The van der Waals surface area contributed by atoms with Gasteiger partial charge in [-0.05, 0) is 12.1 Å². The molecule has 0 amide bonds. The maximum Gasteiger partial charge on any atom is 2.00 e. The van der Waals surface area contributed by atoms with Crippen LogP contribution in [0.1, 0.15) is 0 Å². The van der Waals surface area contributed by atoms with Crippen molar-refractivity contribution in [1.82, 2.24) is 0 Å². The molecule has 0 atom stereocenters. The van der Waals surface area contributed by atoms with Gasteiger partial charge >= 0.3 is 21.7 Å². The van der Waals surface area contributed by atoms with E-state index < -0.39 is 0 Å². The third-order valence-electron chi connectivity index (χ3n) is 0.733. The Morgan fingerprint density at radius 3 is 1.25 bits per heavy atom. The van der Waals surface area contributed by atoms with E-state index in [1.165, 1.54) is 0 Å². The van der Waals surface area contributed by atoms with E-state index in [0.29, 0.717) is 0 Å². The molecule has 70 valence electrons. The molecular formula is C6H5Cl5Ti-2. The van der Waals surface area contributed by atoms with Crippen LogP contribution in [0.25, 0.3) is 0 Å². The van der Waals surface area contributed by atoms with Gasteiger partial charge in [0.05, 0.1) is 0 Å². The van der Waals surface area contributed by atoms with Crippen molar-refractivity contribution in [2.75, 3.05) is 0 Å². The third kappa shape index (κ3) is 13.9. The summed E-state index contributed by atoms with van der Waals surface area (Å²) in [6.07, 6.45) is 0. The molecule has 0 heterocycles. The summed E-state index contributed by atoms with van der Waals surface area (Å²) in [7, 11) is 0. The van der Waals surface area contributed by atoms with Gasteiger partial charge in [-0.25, -0.2) is 0 Å². The van der Waals surface area contributed by atoms with Crippen LogP contribution in [0, 0.1) is 0 Å². The largest absolute Gasteiger partial charge is 2.00 e. The van der Waals surface area contributed by atoms with Gasteiger partial charge in [-0.2, -0.15) is 0 Å². The fourth-order valence-corrected chi connectivity index (χ4v) is 0.560. The van der Waals surface area contributed by atoms with Gasteiger partial charge in [-0.15, -0.1) is 0 Å². The molecule has 0 aromatic heterocycles. The van der Waals surface area contributed by atoms with Crippen molar-refractivity contribution in [2.45, 2.75) is 0 Å². The molecule has 0 fully saturated rings. The second kappa shape index (κ2) is 18.2. The topological polar surface area (TPSA) is 0 Å². The fourth-order valence-electron chi connectivity index (χ4n) is 0.415. The van der Waals surface area contributed by atoms with E-state index in [1.807, 2.05) is 30.3 Å². The van der Waals surface area contributed by atoms with Crippen LogP contribution in [0.5, 0.6) is 0 Å². The van der Waals surface area contributed by atoms with Crippen LogP contribution in [0.4, 0.5) is 0 Å². The van der Waals surface area contributed by atoms with Gasteiger partial charge in [0.2, 0.25) is 0 Å². The number of benzene rings is 1.